The van der Waals surface area contributed by atoms with Crippen LogP contribution in [0.2, 0.25) is 0 Å². The average Bonchev–Trinajstić information content (AvgIpc) is 2.93. The van der Waals surface area contributed by atoms with E-state index >= 15 is 0 Å². The molecule has 0 fully saturated rings. The first-order valence-corrected chi connectivity index (χ1v) is 15.3. The maximum Gasteiger partial charge on any atom is 0.204 e. The second kappa shape index (κ2) is 10.5. The van der Waals surface area contributed by atoms with Crippen molar-refractivity contribution in [2.45, 2.75) is 37.5 Å². The van der Waals surface area contributed by atoms with Gasteiger partial charge in [-0.05, 0) is 84.7 Å². The highest BCUT2D eigenvalue weighted by Gasteiger charge is 2.21. The first-order chi connectivity index (χ1) is 19.3. The minimum Gasteiger partial charge on any atom is -0.353 e. The third kappa shape index (κ3) is 4.67. The Kier molecular flexibility index (Phi) is 6.90. The zero-order chi connectivity index (χ0) is 28.0. The minimum absolute atomic E-state index is 0.0490. The molecule has 4 nitrogen and oxygen atoms in total. The van der Waals surface area contributed by atoms with Crippen molar-refractivity contribution in [2.75, 3.05) is 0 Å². The molecule has 2 aromatic heterocycles. The summed E-state index contributed by atoms with van der Waals surface area (Å²) in [6.07, 6.45) is 0. The van der Waals surface area contributed by atoms with Gasteiger partial charge in [-0.3, -0.25) is 9.59 Å². The summed E-state index contributed by atoms with van der Waals surface area (Å²) in [6, 6.07) is 27.6. The van der Waals surface area contributed by atoms with E-state index in [9.17, 15) is 9.59 Å². The quantitative estimate of drug-likeness (QED) is 0.207. The molecule has 0 atom stereocenters. The number of benzene rings is 4. The Morgan fingerprint density at radius 1 is 0.525 bits per heavy atom. The van der Waals surface area contributed by atoms with Gasteiger partial charge in [0.25, 0.3) is 0 Å². The normalized spacial score (nSPS) is 11.4. The van der Waals surface area contributed by atoms with E-state index in [1.807, 2.05) is 48.5 Å². The van der Waals surface area contributed by atoms with E-state index in [4.69, 9.17) is 0 Å². The number of aromatic nitrogens is 2. The summed E-state index contributed by atoms with van der Waals surface area (Å²) >= 11 is 0. The SMILES string of the molecule is Cc1ccc(-c2[nH]c3ccccc3c(=O)c2SSc2c(-c3ccc(C)cc3C)[nH]c3ccccc3c2=O)c(C)c1. The van der Waals surface area contributed by atoms with Gasteiger partial charge in [-0.1, -0.05) is 71.8 Å². The van der Waals surface area contributed by atoms with Gasteiger partial charge in [0.1, 0.15) is 0 Å². The van der Waals surface area contributed by atoms with Crippen molar-refractivity contribution >= 4 is 43.4 Å². The molecule has 2 N–H and O–H groups in total. The summed E-state index contributed by atoms with van der Waals surface area (Å²) in [7, 11) is 2.69. The van der Waals surface area contributed by atoms with E-state index in [2.05, 4.69) is 74.1 Å². The fourth-order valence-corrected chi connectivity index (χ4v) is 7.73. The van der Waals surface area contributed by atoms with Gasteiger partial charge in [-0.25, -0.2) is 0 Å². The highest BCUT2D eigenvalue weighted by molar-refractivity contribution is 8.76. The number of fused-ring (bicyclic) bond motifs is 2. The second-order valence-electron chi connectivity index (χ2n) is 10.2. The van der Waals surface area contributed by atoms with Crippen molar-refractivity contribution in [3.63, 3.8) is 0 Å². The lowest BCUT2D eigenvalue weighted by Gasteiger charge is -2.16. The summed E-state index contributed by atoms with van der Waals surface area (Å²) in [5.41, 5.74) is 9.44. The molecule has 0 radical (unpaired) electrons. The van der Waals surface area contributed by atoms with Gasteiger partial charge in [-0.2, -0.15) is 0 Å². The Hall–Kier alpha value is -4.00. The number of hydrogen-bond donors (Lipinski definition) is 2. The molecule has 40 heavy (non-hydrogen) atoms. The Morgan fingerprint density at radius 2 is 0.925 bits per heavy atom. The third-order valence-corrected chi connectivity index (χ3v) is 9.69. The fraction of sp³-hybridized carbons (Fsp3) is 0.118. The van der Waals surface area contributed by atoms with Crippen LogP contribution in [0, 0.1) is 27.7 Å². The Balaban J connectivity index is 1.55. The number of hydrogen-bond acceptors (Lipinski definition) is 4. The van der Waals surface area contributed by atoms with E-state index in [0.717, 1.165) is 55.8 Å². The van der Waals surface area contributed by atoms with Crippen LogP contribution < -0.4 is 10.9 Å². The molecule has 0 aliphatic carbocycles. The molecule has 0 spiro atoms. The van der Waals surface area contributed by atoms with Crippen LogP contribution in [-0.2, 0) is 0 Å². The number of para-hydroxylation sites is 2. The van der Waals surface area contributed by atoms with E-state index in [0.29, 0.717) is 20.6 Å². The van der Waals surface area contributed by atoms with Gasteiger partial charge in [-0.15, -0.1) is 0 Å². The maximum atomic E-state index is 13.9. The summed E-state index contributed by atoms with van der Waals surface area (Å²) in [6.45, 7) is 8.24. The number of H-pyrrole nitrogens is 2. The molecule has 0 amide bonds. The number of rotatable bonds is 5. The minimum atomic E-state index is -0.0490. The zero-order valence-corrected chi connectivity index (χ0v) is 24.3. The molecule has 0 bridgehead atoms. The monoisotopic (exact) mass is 560 g/mol. The third-order valence-electron chi connectivity index (χ3n) is 7.24. The standard InChI is InChI=1S/C34H28N2O2S2/c1-19-13-15-23(21(3)17-19)29-33(31(37)25-9-5-7-11-27(25)35-29)39-40-34-30(24-16-14-20(2)18-22(24)4)36-28-12-8-6-10-26(28)32(34)38/h5-18H,1-4H3,(H,35,37)(H,36,38). The summed E-state index contributed by atoms with van der Waals surface area (Å²) in [5.74, 6) is 0. The van der Waals surface area contributed by atoms with E-state index in [1.165, 1.54) is 21.6 Å². The number of pyridine rings is 2. The lowest BCUT2D eigenvalue weighted by atomic mass is 10.0. The van der Waals surface area contributed by atoms with Gasteiger partial charge >= 0.3 is 0 Å². The van der Waals surface area contributed by atoms with Crippen LogP contribution in [0.25, 0.3) is 44.3 Å². The van der Waals surface area contributed by atoms with Gasteiger partial charge in [0.05, 0.1) is 21.2 Å². The van der Waals surface area contributed by atoms with E-state index < -0.39 is 0 Å². The molecule has 0 saturated carbocycles. The lowest BCUT2D eigenvalue weighted by Crippen LogP contribution is -2.10. The van der Waals surface area contributed by atoms with Gasteiger partial charge < -0.3 is 9.97 Å². The number of aryl methyl sites for hydroxylation is 4. The van der Waals surface area contributed by atoms with Crippen LogP contribution in [0.3, 0.4) is 0 Å². The lowest BCUT2D eigenvalue weighted by molar-refractivity contribution is 1.24. The van der Waals surface area contributed by atoms with Crippen LogP contribution in [0.4, 0.5) is 0 Å². The average molecular weight is 561 g/mol. The van der Waals surface area contributed by atoms with Crippen LogP contribution >= 0.6 is 21.6 Å². The van der Waals surface area contributed by atoms with Gasteiger partial charge in [0.2, 0.25) is 10.9 Å². The predicted molar refractivity (Wildman–Crippen MR) is 171 cm³/mol. The van der Waals surface area contributed by atoms with Crippen LogP contribution in [0.5, 0.6) is 0 Å². The summed E-state index contributed by atoms with van der Waals surface area (Å²) in [4.78, 5) is 36.1. The van der Waals surface area contributed by atoms with Crippen LogP contribution in [-0.4, -0.2) is 9.97 Å². The van der Waals surface area contributed by atoms with Crippen molar-refractivity contribution in [1.82, 2.24) is 9.97 Å². The van der Waals surface area contributed by atoms with Crippen molar-refractivity contribution in [2.24, 2.45) is 0 Å². The second-order valence-corrected chi connectivity index (χ2v) is 12.4. The molecular weight excluding hydrogens is 533 g/mol. The van der Waals surface area contributed by atoms with Gasteiger partial charge in [0.15, 0.2) is 0 Å². The topological polar surface area (TPSA) is 65.7 Å². The Labute approximate surface area is 240 Å². The highest BCUT2D eigenvalue weighted by atomic mass is 33.1. The first-order valence-electron chi connectivity index (χ1n) is 13.1. The molecule has 6 heteroatoms. The van der Waals surface area contributed by atoms with Crippen molar-refractivity contribution in [3.05, 3.63) is 128 Å². The fourth-order valence-electron chi connectivity index (χ4n) is 5.24. The highest BCUT2D eigenvalue weighted by Crippen LogP contribution is 2.43. The largest absolute Gasteiger partial charge is 0.353 e. The molecule has 0 aliphatic heterocycles. The molecule has 6 rings (SSSR count). The van der Waals surface area contributed by atoms with E-state index in [1.54, 1.807) is 0 Å². The molecule has 0 saturated heterocycles. The molecule has 4 aromatic carbocycles. The van der Waals surface area contributed by atoms with Crippen molar-refractivity contribution < 1.29 is 0 Å². The van der Waals surface area contributed by atoms with E-state index in [-0.39, 0.29) is 10.9 Å². The first kappa shape index (κ1) is 26.2. The predicted octanol–water partition coefficient (Wildman–Crippen LogP) is 8.74. The zero-order valence-electron chi connectivity index (χ0n) is 22.7. The van der Waals surface area contributed by atoms with Gasteiger partial charge in [0, 0.05) is 32.9 Å². The summed E-state index contributed by atoms with van der Waals surface area (Å²) < 4.78 is 0. The Morgan fingerprint density at radius 3 is 1.32 bits per heavy atom. The molecule has 2 heterocycles. The Bertz CT molecular complexity index is 1910. The molecule has 198 valence electrons. The number of aromatic amines is 2. The molecular formula is C34H28N2O2S2. The smallest absolute Gasteiger partial charge is 0.204 e. The molecule has 0 aliphatic rings. The molecule has 6 aromatic rings. The van der Waals surface area contributed by atoms with Crippen LogP contribution in [0.1, 0.15) is 22.3 Å². The number of nitrogens with one attached hydrogen (secondary N) is 2. The maximum absolute atomic E-state index is 13.9. The summed E-state index contributed by atoms with van der Waals surface area (Å²) in [5, 5.41) is 1.25. The van der Waals surface area contributed by atoms with Crippen molar-refractivity contribution in [1.29, 1.82) is 0 Å². The van der Waals surface area contributed by atoms with Crippen molar-refractivity contribution in [3.8, 4) is 22.5 Å². The molecule has 0 unspecified atom stereocenters. The van der Waals surface area contributed by atoms with Crippen LogP contribution in [0.15, 0.2) is 104 Å².